The van der Waals surface area contributed by atoms with Crippen LogP contribution in [0.5, 0.6) is 0 Å². The van der Waals surface area contributed by atoms with Crippen LogP contribution in [-0.4, -0.2) is 10.2 Å². The van der Waals surface area contributed by atoms with Crippen molar-refractivity contribution in [1.29, 1.82) is 0 Å². The van der Waals surface area contributed by atoms with Crippen molar-refractivity contribution >= 4 is 12.2 Å². The van der Waals surface area contributed by atoms with Crippen LogP contribution >= 0.6 is 0 Å². The molecule has 1 aromatic carbocycles. The molecule has 0 aliphatic rings. The molecule has 1 N–H and O–H groups in total. The van der Waals surface area contributed by atoms with Gasteiger partial charge in [0.25, 0.3) is 0 Å². The topological polar surface area (TPSA) is 28.7 Å². The van der Waals surface area contributed by atoms with Gasteiger partial charge in [-0.1, -0.05) is 24.3 Å². The summed E-state index contributed by atoms with van der Waals surface area (Å²) in [7, 11) is 0. The smallest absolute Gasteiger partial charge is 0.123 e. The van der Waals surface area contributed by atoms with Gasteiger partial charge < -0.3 is 0 Å². The Balaban J connectivity index is 2.15. The lowest BCUT2D eigenvalue weighted by Gasteiger charge is -1.91. The first-order valence-electron chi connectivity index (χ1n) is 4.27. The molecular formula is C11H9FN2. The molecule has 0 aliphatic heterocycles. The summed E-state index contributed by atoms with van der Waals surface area (Å²) in [6, 6.07) is 6.34. The van der Waals surface area contributed by atoms with Crippen molar-refractivity contribution in [3.8, 4) is 0 Å². The van der Waals surface area contributed by atoms with E-state index in [4.69, 9.17) is 0 Å². The third-order valence-corrected chi connectivity index (χ3v) is 1.86. The molecule has 14 heavy (non-hydrogen) atoms. The Morgan fingerprint density at radius 3 is 2.43 bits per heavy atom. The number of hydrogen-bond acceptors (Lipinski definition) is 1. The van der Waals surface area contributed by atoms with Gasteiger partial charge in [0.05, 0.1) is 6.20 Å². The van der Waals surface area contributed by atoms with Crippen LogP contribution in [0.15, 0.2) is 36.7 Å². The third-order valence-electron chi connectivity index (χ3n) is 1.86. The molecule has 1 heterocycles. The second kappa shape index (κ2) is 3.87. The molecular weight excluding hydrogens is 179 g/mol. The van der Waals surface area contributed by atoms with Crippen molar-refractivity contribution in [2.45, 2.75) is 0 Å². The molecule has 2 rings (SSSR count). The minimum Gasteiger partial charge on any atom is -0.285 e. The van der Waals surface area contributed by atoms with Crippen LogP contribution in [0.2, 0.25) is 0 Å². The Hall–Kier alpha value is -1.90. The lowest BCUT2D eigenvalue weighted by Crippen LogP contribution is -1.73. The fourth-order valence-corrected chi connectivity index (χ4v) is 1.12. The van der Waals surface area contributed by atoms with Gasteiger partial charge in [-0.3, -0.25) is 5.10 Å². The van der Waals surface area contributed by atoms with E-state index in [0.29, 0.717) is 0 Å². The standard InChI is InChI=1S/C11H9FN2/c12-11-5-3-9(4-6-11)1-2-10-7-13-14-8-10/h1-8H,(H,13,14). The Kier molecular flexibility index (Phi) is 2.40. The molecule has 1 aromatic heterocycles. The monoisotopic (exact) mass is 188 g/mol. The SMILES string of the molecule is Fc1ccc(C=Cc2cn[nH]c2)cc1. The molecule has 0 saturated heterocycles. The average Bonchev–Trinajstić information content (AvgIpc) is 2.70. The van der Waals surface area contributed by atoms with Crippen LogP contribution in [0.25, 0.3) is 12.2 Å². The zero-order valence-electron chi connectivity index (χ0n) is 7.44. The van der Waals surface area contributed by atoms with E-state index < -0.39 is 0 Å². The van der Waals surface area contributed by atoms with Crippen molar-refractivity contribution in [2.75, 3.05) is 0 Å². The van der Waals surface area contributed by atoms with E-state index in [-0.39, 0.29) is 5.82 Å². The van der Waals surface area contributed by atoms with Gasteiger partial charge in [-0.2, -0.15) is 5.10 Å². The molecule has 0 amide bonds. The van der Waals surface area contributed by atoms with Crippen molar-refractivity contribution in [1.82, 2.24) is 10.2 Å². The van der Waals surface area contributed by atoms with Gasteiger partial charge in [0.15, 0.2) is 0 Å². The molecule has 3 heteroatoms. The average molecular weight is 188 g/mol. The van der Waals surface area contributed by atoms with Gasteiger partial charge in [0, 0.05) is 11.8 Å². The van der Waals surface area contributed by atoms with E-state index in [1.165, 1.54) is 12.1 Å². The van der Waals surface area contributed by atoms with E-state index in [9.17, 15) is 4.39 Å². The second-order valence-corrected chi connectivity index (χ2v) is 2.92. The van der Waals surface area contributed by atoms with Crippen LogP contribution in [0, 0.1) is 5.82 Å². The molecule has 0 radical (unpaired) electrons. The number of halogens is 1. The summed E-state index contributed by atoms with van der Waals surface area (Å²) < 4.78 is 12.6. The summed E-state index contributed by atoms with van der Waals surface area (Å²) in [6.07, 6.45) is 7.33. The maximum absolute atomic E-state index is 12.6. The molecule has 0 atom stereocenters. The van der Waals surface area contributed by atoms with Gasteiger partial charge in [-0.05, 0) is 17.7 Å². The minimum absolute atomic E-state index is 0.217. The Bertz CT molecular complexity index is 415. The first-order chi connectivity index (χ1) is 6.84. The Morgan fingerprint density at radius 1 is 1.07 bits per heavy atom. The zero-order chi connectivity index (χ0) is 9.80. The summed E-state index contributed by atoms with van der Waals surface area (Å²) in [6.45, 7) is 0. The van der Waals surface area contributed by atoms with Crippen molar-refractivity contribution in [2.24, 2.45) is 0 Å². The summed E-state index contributed by atoms with van der Waals surface area (Å²) in [4.78, 5) is 0. The predicted octanol–water partition coefficient (Wildman–Crippen LogP) is 2.72. The Morgan fingerprint density at radius 2 is 1.79 bits per heavy atom. The molecule has 70 valence electrons. The fourth-order valence-electron chi connectivity index (χ4n) is 1.12. The highest BCUT2D eigenvalue weighted by Crippen LogP contribution is 2.07. The predicted molar refractivity (Wildman–Crippen MR) is 53.9 cm³/mol. The van der Waals surface area contributed by atoms with E-state index >= 15 is 0 Å². The van der Waals surface area contributed by atoms with Crippen molar-refractivity contribution in [3.63, 3.8) is 0 Å². The van der Waals surface area contributed by atoms with E-state index in [1.54, 1.807) is 24.5 Å². The van der Waals surface area contributed by atoms with Crippen LogP contribution in [-0.2, 0) is 0 Å². The molecule has 0 bridgehead atoms. The number of nitrogens with one attached hydrogen (secondary N) is 1. The number of aromatic nitrogens is 2. The second-order valence-electron chi connectivity index (χ2n) is 2.92. The molecule has 2 aromatic rings. The molecule has 0 unspecified atom stereocenters. The summed E-state index contributed by atoms with van der Waals surface area (Å²) in [5.41, 5.74) is 1.96. The van der Waals surface area contributed by atoms with Gasteiger partial charge in [0.1, 0.15) is 5.82 Å². The van der Waals surface area contributed by atoms with Gasteiger partial charge in [-0.25, -0.2) is 4.39 Å². The number of nitrogens with zero attached hydrogens (tertiary/aromatic N) is 1. The van der Waals surface area contributed by atoms with Gasteiger partial charge in [-0.15, -0.1) is 0 Å². The highest BCUT2D eigenvalue weighted by molar-refractivity contribution is 5.68. The number of aromatic amines is 1. The molecule has 0 aliphatic carbocycles. The van der Waals surface area contributed by atoms with E-state index in [2.05, 4.69) is 10.2 Å². The van der Waals surface area contributed by atoms with Gasteiger partial charge >= 0.3 is 0 Å². The maximum Gasteiger partial charge on any atom is 0.123 e. The molecule has 2 nitrogen and oxygen atoms in total. The number of hydrogen-bond donors (Lipinski definition) is 1. The Labute approximate surface area is 81.1 Å². The number of H-pyrrole nitrogens is 1. The van der Waals surface area contributed by atoms with E-state index in [0.717, 1.165) is 11.1 Å². The third kappa shape index (κ3) is 2.07. The zero-order valence-corrected chi connectivity index (χ0v) is 7.44. The quantitative estimate of drug-likeness (QED) is 0.771. The van der Waals surface area contributed by atoms with Crippen LogP contribution < -0.4 is 0 Å². The summed E-state index contributed by atoms with van der Waals surface area (Å²) in [5, 5.41) is 6.53. The number of benzene rings is 1. The fraction of sp³-hybridized carbons (Fsp3) is 0. The molecule has 0 spiro atoms. The number of rotatable bonds is 2. The van der Waals surface area contributed by atoms with Crippen LogP contribution in [0.1, 0.15) is 11.1 Å². The normalized spacial score (nSPS) is 10.9. The summed E-state index contributed by atoms with van der Waals surface area (Å²) in [5.74, 6) is -0.217. The largest absolute Gasteiger partial charge is 0.285 e. The van der Waals surface area contributed by atoms with Crippen molar-refractivity contribution < 1.29 is 4.39 Å². The highest BCUT2D eigenvalue weighted by atomic mass is 19.1. The lowest BCUT2D eigenvalue weighted by molar-refractivity contribution is 0.628. The molecule has 0 saturated carbocycles. The van der Waals surface area contributed by atoms with E-state index in [1.807, 2.05) is 12.2 Å². The van der Waals surface area contributed by atoms with Crippen molar-refractivity contribution in [3.05, 3.63) is 53.6 Å². The first-order valence-corrected chi connectivity index (χ1v) is 4.27. The summed E-state index contributed by atoms with van der Waals surface area (Å²) >= 11 is 0. The van der Waals surface area contributed by atoms with Gasteiger partial charge in [0.2, 0.25) is 0 Å². The first kappa shape index (κ1) is 8.69. The lowest BCUT2D eigenvalue weighted by atomic mass is 10.2. The maximum atomic E-state index is 12.6. The van der Waals surface area contributed by atoms with Crippen LogP contribution in [0.3, 0.4) is 0 Å². The van der Waals surface area contributed by atoms with Crippen LogP contribution in [0.4, 0.5) is 4.39 Å². The molecule has 0 fully saturated rings. The highest BCUT2D eigenvalue weighted by Gasteiger charge is 1.89. The minimum atomic E-state index is -0.217.